The molecule has 0 spiro atoms. The van der Waals surface area contributed by atoms with E-state index >= 15 is 0 Å². The number of rotatable bonds is 3. The lowest BCUT2D eigenvalue weighted by molar-refractivity contribution is 0.0980. The van der Waals surface area contributed by atoms with Crippen molar-refractivity contribution in [2.45, 2.75) is 55.2 Å². The van der Waals surface area contributed by atoms with Gasteiger partial charge < -0.3 is 4.74 Å². The van der Waals surface area contributed by atoms with Gasteiger partial charge in [0.25, 0.3) is 0 Å². The predicted molar refractivity (Wildman–Crippen MR) is 67.8 cm³/mol. The Bertz CT molecular complexity index is 341. The molecule has 1 saturated heterocycles. The summed E-state index contributed by atoms with van der Waals surface area (Å²) in [6.45, 7) is 1.08. The topological polar surface area (TPSA) is 55.4 Å². The van der Waals surface area contributed by atoms with Crippen molar-refractivity contribution in [1.29, 1.82) is 0 Å². The van der Waals surface area contributed by atoms with Crippen molar-refractivity contribution in [2.75, 3.05) is 13.2 Å². The second-order valence-corrected chi connectivity index (χ2v) is 7.43. The summed E-state index contributed by atoms with van der Waals surface area (Å²) in [6.07, 6.45) is 5.11. The van der Waals surface area contributed by atoms with Crippen molar-refractivity contribution in [3.05, 3.63) is 0 Å². The number of nitrogens with one attached hydrogen (secondary N) is 1. The van der Waals surface area contributed by atoms with Crippen LogP contribution in [0.1, 0.15) is 38.5 Å². The Morgan fingerprint density at radius 1 is 1.06 bits per heavy atom. The molecule has 0 amide bonds. The van der Waals surface area contributed by atoms with Crippen molar-refractivity contribution in [3.8, 4) is 0 Å². The fraction of sp³-hybridized carbons (Fsp3) is 1.00. The number of halogens is 1. The van der Waals surface area contributed by atoms with E-state index in [0.717, 1.165) is 25.7 Å². The zero-order valence-corrected chi connectivity index (χ0v) is 11.5. The van der Waals surface area contributed by atoms with E-state index < -0.39 is 10.0 Å². The highest BCUT2D eigenvalue weighted by molar-refractivity contribution is 7.90. The Morgan fingerprint density at radius 3 is 2.35 bits per heavy atom. The van der Waals surface area contributed by atoms with Gasteiger partial charge in [0.15, 0.2) is 0 Å². The SMILES string of the molecule is O=S(=O)(NC1CCCCC1Cl)C1CCOCC1. The first-order valence-corrected chi connectivity index (χ1v) is 8.31. The smallest absolute Gasteiger partial charge is 0.214 e. The molecule has 1 saturated carbocycles. The second-order valence-electron chi connectivity index (χ2n) is 4.88. The zero-order valence-electron chi connectivity index (χ0n) is 9.90. The molecule has 2 atom stereocenters. The molecule has 100 valence electrons. The lowest BCUT2D eigenvalue weighted by atomic mass is 9.96. The summed E-state index contributed by atoms with van der Waals surface area (Å²) in [5, 5.41) is -0.361. The molecule has 0 aromatic heterocycles. The van der Waals surface area contributed by atoms with E-state index in [1.807, 2.05) is 0 Å². The minimum absolute atomic E-state index is 0.0571. The summed E-state index contributed by atoms with van der Waals surface area (Å²) in [6, 6.07) is -0.0849. The van der Waals surface area contributed by atoms with Crippen LogP contribution >= 0.6 is 11.6 Å². The van der Waals surface area contributed by atoms with Crippen LogP contribution in [0, 0.1) is 0 Å². The second kappa shape index (κ2) is 5.87. The van der Waals surface area contributed by atoms with Crippen molar-refractivity contribution >= 4 is 21.6 Å². The largest absolute Gasteiger partial charge is 0.381 e. The van der Waals surface area contributed by atoms with Gasteiger partial charge in [0, 0.05) is 24.6 Å². The van der Waals surface area contributed by atoms with E-state index in [9.17, 15) is 8.42 Å². The first kappa shape index (κ1) is 13.6. The Hall–Kier alpha value is 0.160. The number of alkyl halides is 1. The molecule has 6 heteroatoms. The van der Waals surface area contributed by atoms with Crippen molar-refractivity contribution in [2.24, 2.45) is 0 Å². The lowest BCUT2D eigenvalue weighted by Crippen LogP contribution is -2.47. The average molecular weight is 282 g/mol. The van der Waals surface area contributed by atoms with Gasteiger partial charge >= 0.3 is 0 Å². The minimum atomic E-state index is -3.23. The number of sulfonamides is 1. The van der Waals surface area contributed by atoms with Gasteiger partial charge in [0.2, 0.25) is 10.0 Å². The van der Waals surface area contributed by atoms with Crippen LogP contribution in [0.3, 0.4) is 0 Å². The molecule has 4 nitrogen and oxygen atoms in total. The molecule has 17 heavy (non-hydrogen) atoms. The predicted octanol–water partition coefficient (Wildman–Crippen LogP) is 1.63. The van der Waals surface area contributed by atoms with Crippen LogP contribution < -0.4 is 4.72 Å². The summed E-state index contributed by atoms with van der Waals surface area (Å²) in [4.78, 5) is 0. The number of hydrogen-bond acceptors (Lipinski definition) is 3. The monoisotopic (exact) mass is 281 g/mol. The fourth-order valence-corrected chi connectivity index (χ4v) is 4.64. The molecule has 2 fully saturated rings. The van der Waals surface area contributed by atoms with Crippen LogP contribution in [0.4, 0.5) is 0 Å². The Labute approximate surface area is 108 Å². The molecule has 2 unspecified atom stereocenters. The summed E-state index contributed by atoms with van der Waals surface area (Å²) >= 11 is 6.18. The molecular formula is C11H20ClNO3S. The van der Waals surface area contributed by atoms with Gasteiger partial charge in [-0.2, -0.15) is 0 Å². The Morgan fingerprint density at radius 2 is 1.71 bits per heavy atom. The molecule has 0 aromatic carbocycles. The van der Waals surface area contributed by atoms with Crippen LogP contribution in [-0.4, -0.2) is 38.3 Å². The first-order chi connectivity index (χ1) is 8.09. The minimum Gasteiger partial charge on any atom is -0.381 e. The lowest BCUT2D eigenvalue weighted by Gasteiger charge is -2.30. The number of ether oxygens (including phenoxy) is 1. The highest BCUT2D eigenvalue weighted by Crippen LogP contribution is 2.25. The molecule has 0 radical (unpaired) electrons. The molecule has 1 aliphatic carbocycles. The van der Waals surface area contributed by atoms with E-state index in [4.69, 9.17) is 16.3 Å². The normalized spacial score (nSPS) is 32.5. The van der Waals surface area contributed by atoms with Gasteiger partial charge in [-0.25, -0.2) is 13.1 Å². The van der Waals surface area contributed by atoms with Gasteiger partial charge in [-0.3, -0.25) is 0 Å². The van der Waals surface area contributed by atoms with Gasteiger partial charge in [-0.1, -0.05) is 12.8 Å². The Balaban J connectivity index is 1.95. The maximum atomic E-state index is 12.2. The van der Waals surface area contributed by atoms with Crippen LogP contribution in [0.25, 0.3) is 0 Å². The Kier molecular flexibility index (Phi) is 4.69. The van der Waals surface area contributed by atoms with E-state index in [1.165, 1.54) is 0 Å². The van der Waals surface area contributed by atoms with Gasteiger partial charge in [-0.15, -0.1) is 11.6 Å². The first-order valence-electron chi connectivity index (χ1n) is 6.32. The van der Waals surface area contributed by atoms with Crippen LogP contribution in [0.2, 0.25) is 0 Å². The number of hydrogen-bond donors (Lipinski definition) is 1. The molecular weight excluding hydrogens is 262 g/mol. The van der Waals surface area contributed by atoms with E-state index in [0.29, 0.717) is 26.1 Å². The molecule has 2 aliphatic rings. The van der Waals surface area contributed by atoms with Gasteiger partial charge in [0.1, 0.15) is 0 Å². The van der Waals surface area contributed by atoms with Gasteiger partial charge in [0.05, 0.1) is 5.25 Å². The van der Waals surface area contributed by atoms with Crippen LogP contribution in [0.15, 0.2) is 0 Å². The summed E-state index contributed by atoms with van der Waals surface area (Å²) in [7, 11) is -3.23. The maximum Gasteiger partial charge on any atom is 0.214 e. The highest BCUT2D eigenvalue weighted by atomic mass is 35.5. The average Bonchev–Trinajstić information content (AvgIpc) is 2.33. The maximum absolute atomic E-state index is 12.2. The zero-order chi connectivity index (χ0) is 12.3. The third-order valence-corrected chi connectivity index (χ3v) is 6.11. The van der Waals surface area contributed by atoms with E-state index in [-0.39, 0.29) is 16.7 Å². The molecule has 1 N–H and O–H groups in total. The molecule has 1 heterocycles. The molecule has 2 rings (SSSR count). The quantitative estimate of drug-likeness (QED) is 0.800. The summed E-state index contributed by atoms with van der Waals surface area (Å²) in [5.41, 5.74) is 0. The summed E-state index contributed by atoms with van der Waals surface area (Å²) < 4.78 is 32.3. The van der Waals surface area contributed by atoms with Gasteiger partial charge in [-0.05, 0) is 25.7 Å². The standard InChI is InChI=1S/C11H20ClNO3S/c12-10-3-1-2-4-11(10)13-17(14,15)9-5-7-16-8-6-9/h9-11,13H,1-8H2. The third-order valence-electron chi connectivity index (χ3n) is 3.60. The van der Waals surface area contributed by atoms with Crippen molar-refractivity contribution in [1.82, 2.24) is 4.72 Å². The fourth-order valence-electron chi connectivity index (χ4n) is 2.51. The van der Waals surface area contributed by atoms with Crippen molar-refractivity contribution in [3.63, 3.8) is 0 Å². The highest BCUT2D eigenvalue weighted by Gasteiger charge is 2.33. The molecule has 0 aromatic rings. The van der Waals surface area contributed by atoms with E-state index in [2.05, 4.69) is 4.72 Å². The van der Waals surface area contributed by atoms with Crippen LogP contribution in [0.5, 0.6) is 0 Å². The third kappa shape index (κ3) is 3.56. The molecule has 0 bridgehead atoms. The summed E-state index contributed by atoms with van der Waals surface area (Å²) in [5.74, 6) is 0. The van der Waals surface area contributed by atoms with Crippen molar-refractivity contribution < 1.29 is 13.2 Å². The van der Waals surface area contributed by atoms with Crippen LogP contribution in [-0.2, 0) is 14.8 Å². The molecule has 1 aliphatic heterocycles. The van der Waals surface area contributed by atoms with E-state index in [1.54, 1.807) is 0 Å².